The summed E-state index contributed by atoms with van der Waals surface area (Å²) in [4.78, 5) is 4.16. The minimum atomic E-state index is -1.53. The van der Waals surface area contributed by atoms with Crippen molar-refractivity contribution in [2.24, 2.45) is 0 Å². The van der Waals surface area contributed by atoms with E-state index in [1.54, 1.807) is 12.3 Å². The maximum Gasteiger partial charge on any atom is 0.496 e. The molecule has 0 radical (unpaired) electrons. The van der Waals surface area contributed by atoms with Gasteiger partial charge < -0.3 is 9.31 Å². The third-order valence-corrected chi connectivity index (χ3v) is 3.91. The molecule has 2 rings (SSSR count). The highest BCUT2D eigenvalue weighted by molar-refractivity contribution is 6.62. The second-order valence-corrected chi connectivity index (χ2v) is 6.50. The van der Waals surface area contributed by atoms with Gasteiger partial charge in [-0.1, -0.05) is 6.07 Å². The Morgan fingerprint density at radius 2 is 1.68 bits per heavy atom. The van der Waals surface area contributed by atoms with Crippen molar-refractivity contribution in [1.29, 1.82) is 0 Å². The number of alkyl halides is 1. The number of hydrogen-bond donors (Lipinski definition) is 0. The predicted molar refractivity (Wildman–Crippen MR) is 74.1 cm³/mol. The van der Waals surface area contributed by atoms with E-state index >= 15 is 0 Å². The third-order valence-electron chi connectivity index (χ3n) is 3.91. The molecule has 104 valence electrons. The summed E-state index contributed by atoms with van der Waals surface area (Å²) in [5.74, 6) is 0. The van der Waals surface area contributed by atoms with Crippen LogP contribution < -0.4 is 5.46 Å². The fourth-order valence-electron chi connectivity index (χ4n) is 2.07. The van der Waals surface area contributed by atoms with Crippen LogP contribution in [0, 0.1) is 0 Å². The summed E-state index contributed by atoms with van der Waals surface area (Å²) in [6, 6.07) is 3.58. The SMILES string of the molecule is CC(C)(F)c1ncccc1B1OC(C)(C)C(C)(C)O1. The lowest BCUT2D eigenvalue weighted by molar-refractivity contribution is 0.00578. The van der Waals surface area contributed by atoms with E-state index in [9.17, 15) is 4.39 Å². The number of hydrogen-bond acceptors (Lipinski definition) is 3. The second kappa shape index (κ2) is 4.28. The Morgan fingerprint density at radius 1 is 1.16 bits per heavy atom. The number of halogens is 1. The van der Waals surface area contributed by atoms with E-state index < -0.39 is 24.0 Å². The largest absolute Gasteiger partial charge is 0.496 e. The summed E-state index contributed by atoms with van der Waals surface area (Å²) in [5.41, 5.74) is -1.38. The van der Waals surface area contributed by atoms with Crippen molar-refractivity contribution in [1.82, 2.24) is 4.98 Å². The van der Waals surface area contributed by atoms with Gasteiger partial charge in [0.05, 0.1) is 16.9 Å². The lowest BCUT2D eigenvalue weighted by atomic mass is 9.75. The Balaban J connectivity index is 2.41. The Morgan fingerprint density at radius 3 is 2.16 bits per heavy atom. The zero-order valence-corrected chi connectivity index (χ0v) is 12.5. The molecule has 0 atom stereocenters. The second-order valence-electron chi connectivity index (χ2n) is 6.50. The fraction of sp³-hybridized carbons (Fsp3) is 0.643. The van der Waals surface area contributed by atoms with Crippen molar-refractivity contribution in [3.63, 3.8) is 0 Å². The molecule has 1 fully saturated rings. The molecule has 0 bridgehead atoms. The quantitative estimate of drug-likeness (QED) is 0.770. The highest BCUT2D eigenvalue weighted by Crippen LogP contribution is 2.37. The first-order valence-corrected chi connectivity index (χ1v) is 6.54. The van der Waals surface area contributed by atoms with Crippen LogP contribution >= 0.6 is 0 Å². The summed E-state index contributed by atoms with van der Waals surface area (Å²) >= 11 is 0. The molecule has 1 aromatic heterocycles. The van der Waals surface area contributed by atoms with E-state index in [1.807, 2.05) is 33.8 Å². The van der Waals surface area contributed by atoms with Gasteiger partial charge in [-0.25, -0.2) is 4.39 Å². The van der Waals surface area contributed by atoms with E-state index in [2.05, 4.69) is 4.98 Å². The first-order chi connectivity index (χ1) is 8.55. The van der Waals surface area contributed by atoms with Gasteiger partial charge in [0.2, 0.25) is 0 Å². The van der Waals surface area contributed by atoms with Crippen LogP contribution in [0.15, 0.2) is 18.3 Å². The zero-order chi connectivity index (χ0) is 14.5. The Labute approximate surface area is 114 Å². The summed E-state index contributed by atoms with van der Waals surface area (Å²) in [6.45, 7) is 10.9. The van der Waals surface area contributed by atoms with E-state index in [1.165, 1.54) is 13.8 Å². The summed E-state index contributed by atoms with van der Waals surface area (Å²) in [5, 5.41) is 0. The van der Waals surface area contributed by atoms with Crippen LogP contribution in [-0.4, -0.2) is 23.3 Å². The maximum absolute atomic E-state index is 14.2. The first-order valence-electron chi connectivity index (χ1n) is 6.54. The highest BCUT2D eigenvalue weighted by atomic mass is 19.1. The lowest BCUT2D eigenvalue weighted by Crippen LogP contribution is -2.41. The Bertz CT molecular complexity index is 467. The van der Waals surface area contributed by atoms with E-state index in [0.29, 0.717) is 11.2 Å². The highest BCUT2D eigenvalue weighted by Gasteiger charge is 2.53. The molecule has 1 aliphatic rings. The van der Waals surface area contributed by atoms with Crippen LogP contribution in [0.3, 0.4) is 0 Å². The fourth-order valence-corrected chi connectivity index (χ4v) is 2.07. The Kier molecular flexibility index (Phi) is 3.26. The first kappa shape index (κ1) is 14.5. The molecule has 0 unspecified atom stereocenters. The van der Waals surface area contributed by atoms with Crippen molar-refractivity contribution in [2.45, 2.75) is 58.4 Å². The average Bonchev–Trinajstić information content (AvgIpc) is 2.47. The van der Waals surface area contributed by atoms with Gasteiger partial charge in [0.1, 0.15) is 5.67 Å². The molecule has 5 heteroatoms. The van der Waals surface area contributed by atoms with Crippen molar-refractivity contribution in [2.75, 3.05) is 0 Å². The van der Waals surface area contributed by atoms with Gasteiger partial charge in [-0.3, -0.25) is 4.98 Å². The number of aromatic nitrogens is 1. The lowest BCUT2D eigenvalue weighted by Gasteiger charge is -2.32. The van der Waals surface area contributed by atoms with E-state index in [0.717, 1.165) is 0 Å². The predicted octanol–water partition coefficient (Wildman–Crippen LogP) is 2.59. The van der Waals surface area contributed by atoms with Gasteiger partial charge >= 0.3 is 7.12 Å². The molecule has 1 saturated heterocycles. The summed E-state index contributed by atoms with van der Waals surface area (Å²) in [6.07, 6.45) is 1.59. The minimum absolute atomic E-state index is 0.369. The molecule has 19 heavy (non-hydrogen) atoms. The average molecular weight is 265 g/mol. The van der Waals surface area contributed by atoms with Crippen molar-refractivity contribution in [3.8, 4) is 0 Å². The van der Waals surface area contributed by atoms with Gasteiger partial charge in [0, 0.05) is 11.7 Å². The van der Waals surface area contributed by atoms with Crippen molar-refractivity contribution < 1.29 is 13.7 Å². The maximum atomic E-state index is 14.2. The summed E-state index contributed by atoms with van der Waals surface area (Å²) < 4.78 is 26.2. The van der Waals surface area contributed by atoms with Crippen LogP contribution in [0.1, 0.15) is 47.2 Å². The molecule has 0 saturated carbocycles. The monoisotopic (exact) mass is 265 g/mol. The molecule has 0 aliphatic carbocycles. The molecule has 0 aromatic carbocycles. The smallest absolute Gasteiger partial charge is 0.399 e. The van der Waals surface area contributed by atoms with Crippen LogP contribution in [-0.2, 0) is 15.0 Å². The standard InChI is InChI=1S/C14H21BFNO2/c1-12(2,16)11-10(8-7-9-17-11)15-18-13(3,4)14(5,6)19-15/h7-9H,1-6H3. The Hall–Kier alpha value is -0.935. The normalized spacial score (nSPS) is 21.7. The molecule has 1 aromatic rings. The molecule has 0 N–H and O–H groups in total. The van der Waals surface area contributed by atoms with Crippen LogP contribution in [0.25, 0.3) is 0 Å². The molecule has 3 nitrogen and oxygen atoms in total. The van der Waals surface area contributed by atoms with Crippen molar-refractivity contribution >= 4 is 12.6 Å². The van der Waals surface area contributed by atoms with Crippen LogP contribution in [0.2, 0.25) is 0 Å². The van der Waals surface area contributed by atoms with E-state index in [-0.39, 0.29) is 0 Å². The minimum Gasteiger partial charge on any atom is -0.399 e. The molecular weight excluding hydrogens is 244 g/mol. The van der Waals surface area contributed by atoms with Crippen LogP contribution in [0.5, 0.6) is 0 Å². The number of rotatable bonds is 2. The van der Waals surface area contributed by atoms with Gasteiger partial charge in [-0.2, -0.15) is 0 Å². The van der Waals surface area contributed by atoms with Gasteiger partial charge in [-0.15, -0.1) is 0 Å². The van der Waals surface area contributed by atoms with Gasteiger partial charge in [0.15, 0.2) is 0 Å². The third kappa shape index (κ3) is 2.54. The molecular formula is C14H21BFNO2. The number of nitrogens with zero attached hydrogens (tertiary/aromatic N) is 1. The van der Waals surface area contributed by atoms with Gasteiger partial charge in [0.25, 0.3) is 0 Å². The molecule has 1 aliphatic heterocycles. The number of pyridine rings is 1. The molecule has 0 amide bonds. The van der Waals surface area contributed by atoms with Crippen molar-refractivity contribution in [3.05, 3.63) is 24.0 Å². The van der Waals surface area contributed by atoms with Gasteiger partial charge in [-0.05, 0) is 47.6 Å². The van der Waals surface area contributed by atoms with Crippen LogP contribution in [0.4, 0.5) is 4.39 Å². The summed E-state index contributed by atoms with van der Waals surface area (Å²) in [7, 11) is -0.580. The topological polar surface area (TPSA) is 31.4 Å². The molecule has 2 heterocycles. The molecule has 0 spiro atoms. The van der Waals surface area contributed by atoms with E-state index in [4.69, 9.17) is 9.31 Å². The zero-order valence-electron chi connectivity index (χ0n) is 12.5.